The van der Waals surface area contributed by atoms with Crippen molar-refractivity contribution in [3.05, 3.63) is 46.2 Å². The Morgan fingerprint density at radius 2 is 2.08 bits per heavy atom. The van der Waals surface area contributed by atoms with Crippen molar-refractivity contribution in [3.8, 4) is 0 Å². The standard InChI is InChI=1S/C18H23N3O2S/c19-18(23)14-9-15(24-12-14)10-20-16-3-1-2-4-17(16)21-7-5-13(11-22)6-8-21/h1-4,9,12-13,20,22H,5-8,10-11H2,(H2,19,23). The second-order valence-electron chi connectivity index (χ2n) is 6.15. The molecule has 1 fully saturated rings. The van der Waals surface area contributed by atoms with E-state index in [2.05, 4.69) is 28.4 Å². The summed E-state index contributed by atoms with van der Waals surface area (Å²) in [5.41, 5.74) is 8.15. The number of nitrogens with two attached hydrogens (primary N) is 1. The van der Waals surface area contributed by atoms with E-state index < -0.39 is 0 Å². The van der Waals surface area contributed by atoms with Gasteiger partial charge in [0.15, 0.2) is 0 Å². The van der Waals surface area contributed by atoms with E-state index in [1.54, 1.807) is 5.38 Å². The van der Waals surface area contributed by atoms with E-state index in [4.69, 9.17) is 5.73 Å². The Kier molecular flexibility index (Phi) is 5.37. The Balaban J connectivity index is 1.66. The van der Waals surface area contributed by atoms with Crippen LogP contribution in [0.2, 0.25) is 0 Å². The van der Waals surface area contributed by atoms with Gasteiger partial charge in [0, 0.05) is 36.5 Å². The van der Waals surface area contributed by atoms with Gasteiger partial charge in [0.05, 0.1) is 16.9 Å². The number of piperidine rings is 1. The maximum Gasteiger partial charge on any atom is 0.249 e. The monoisotopic (exact) mass is 345 g/mol. The first kappa shape index (κ1) is 16.8. The molecule has 0 unspecified atom stereocenters. The molecular formula is C18H23N3O2S. The summed E-state index contributed by atoms with van der Waals surface area (Å²) in [4.78, 5) is 14.6. The number of nitrogens with one attached hydrogen (secondary N) is 1. The number of thiophene rings is 1. The minimum atomic E-state index is -0.385. The molecule has 1 aromatic carbocycles. The lowest BCUT2D eigenvalue weighted by Crippen LogP contribution is -2.35. The van der Waals surface area contributed by atoms with Crippen LogP contribution < -0.4 is 16.0 Å². The maximum absolute atomic E-state index is 11.2. The second kappa shape index (κ2) is 7.68. The van der Waals surface area contributed by atoms with Crippen LogP contribution in [0.4, 0.5) is 11.4 Å². The third-order valence-corrected chi connectivity index (χ3v) is 5.45. The van der Waals surface area contributed by atoms with Crippen molar-refractivity contribution in [2.45, 2.75) is 19.4 Å². The topological polar surface area (TPSA) is 78.6 Å². The summed E-state index contributed by atoms with van der Waals surface area (Å²) in [7, 11) is 0. The van der Waals surface area contributed by atoms with Gasteiger partial charge in [-0.2, -0.15) is 0 Å². The lowest BCUT2D eigenvalue weighted by Gasteiger charge is -2.34. The molecule has 5 nitrogen and oxygen atoms in total. The number of aliphatic hydroxyl groups is 1. The Morgan fingerprint density at radius 1 is 1.33 bits per heavy atom. The molecule has 4 N–H and O–H groups in total. The largest absolute Gasteiger partial charge is 0.396 e. The summed E-state index contributed by atoms with van der Waals surface area (Å²) in [5.74, 6) is 0.0457. The van der Waals surface area contributed by atoms with Gasteiger partial charge in [0.25, 0.3) is 0 Å². The van der Waals surface area contributed by atoms with Gasteiger partial charge >= 0.3 is 0 Å². The average molecular weight is 345 g/mol. The van der Waals surface area contributed by atoms with Crippen molar-refractivity contribution in [1.29, 1.82) is 0 Å². The van der Waals surface area contributed by atoms with Gasteiger partial charge in [-0.25, -0.2) is 0 Å². The van der Waals surface area contributed by atoms with E-state index in [1.165, 1.54) is 17.0 Å². The van der Waals surface area contributed by atoms with Crippen molar-refractivity contribution in [3.63, 3.8) is 0 Å². The smallest absolute Gasteiger partial charge is 0.249 e. The molecule has 0 spiro atoms. The molecule has 0 radical (unpaired) electrons. The fraction of sp³-hybridized carbons (Fsp3) is 0.389. The molecule has 1 amide bonds. The van der Waals surface area contributed by atoms with Crippen molar-refractivity contribution < 1.29 is 9.90 Å². The van der Waals surface area contributed by atoms with Gasteiger partial charge in [0.2, 0.25) is 5.91 Å². The van der Waals surface area contributed by atoms with E-state index in [0.717, 1.165) is 36.5 Å². The van der Waals surface area contributed by atoms with Crippen LogP contribution in [-0.2, 0) is 6.54 Å². The summed E-state index contributed by atoms with van der Waals surface area (Å²) in [6.45, 7) is 2.89. The molecule has 0 saturated carbocycles. The average Bonchev–Trinajstić information content (AvgIpc) is 3.10. The number of anilines is 2. The highest BCUT2D eigenvalue weighted by Crippen LogP contribution is 2.30. The van der Waals surface area contributed by atoms with Crippen LogP contribution in [0.5, 0.6) is 0 Å². The second-order valence-corrected chi connectivity index (χ2v) is 7.15. The highest BCUT2D eigenvalue weighted by atomic mass is 32.1. The lowest BCUT2D eigenvalue weighted by atomic mass is 9.97. The zero-order valence-corrected chi connectivity index (χ0v) is 14.4. The number of para-hydroxylation sites is 2. The van der Waals surface area contributed by atoms with Crippen LogP contribution in [0.15, 0.2) is 35.7 Å². The van der Waals surface area contributed by atoms with Crippen molar-refractivity contribution in [2.75, 3.05) is 29.9 Å². The fourth-order valence-corrected chi connectivity index (χ4v) is 3.85. The summed E-state index contributed by atoms with van der Waals surface area (Å²) >= 11 is 1.54. The minimum Gasteiger partial charge on any atom is -0.396 e. The zero-order chi connectivity index (χ0) is 16.9. The normalized spacial score (nSPS) is 15.5. The van der Waals surface area contributed by atoms with Gasteiger partial charge in [-0.05, 0) is 37.0 Å². The summed E-state index contributed by atoms with van der Waals surface area (Å²) in [6, 6.07) is 10.1. The highest BCUT2D eigenvalue weighted by Gasteiger charge is 2.20. The fourth-order valence-electron chi connectivity index (χ4n) is 3.04. The molecule has 24 heavy (non-hydrogen) atoms. The number of hydrogen-bond donors (Lipinski definition) is 3. The van der Waals surface area contributed by atoms with Crippen molar-refractivity contribution >= 4 is 28.6 Å². The molecule has 1 aromatic heterocycles. The van der Waals surface area contributed by atoms with Gasteiger partial charge in [-0.1, -0.05) is 12.1 Å². The maximum atomic E-state index is 11.2. The first-order valence-corrected chi connectivity index (χ1v) is 9.11. The van der Waals surface area contributed by atoms with Gasteiger partial charge in [0.1, 0.15) is 0 Å². The van der Waals surface area contributed by atoms with Crippen LogP contribution in [0.3, 0.4) is 0 Å². The number of amides is 1. The van der Waals surface area contributed by atoms with Gasteiger partial charge in [-0.15, -0.1) is 11.3 Å². The van der Waals surface area contributed by atoms with E-state index in [9.17, 15) is 9.90 Å². The summed E-state index contributed by atoms with van der Waals surface area (Å²) in [5, 5.41) is 14.6. The Morgan fingerprint density at radius 3 is 2.75 bits per heavy atom. The minimum absolute atomic E-state index is 0.286. The molecule has 2 heterocycles. The molecule has 3 rings (SSSR count). The molecule has 1 aliphatic rings. The number of benzene rings is 1. The number of rotatable bonds is 6. The molecule has 0 atom stereocenters. The third kappa shape index (κ3) is 3.88. The van der Waals surface area contributed by atoms with E-state index in [1.807, 2.05) is 12.1 Å². The van der Waals surface area contributed by atoms with Crippen LogP contribution in [0.1, 0.15) is 28.1 Å². The Labute approximate surface area is 146 Å². The number of primary amides is 1. The van der Waals surface area contributed by atoms with E-state index in [-0.39, 0.29) is 12.5 Å². The number of carbonyl (C=O) groups is 1. The van der Waals surface area contributed by atoms with E-state index in [0.29, 0.717) is 18.0 Å². The number of hydrogen-bond acceptors (Lipinski definition) is 5. The van der Waals surface area contributed by atoms with Crippen LogP contribution >= 0.6 is 11.3 Å². The molecule has 1 saturated heterocycles. The number of carbonyl (C=O) groups excluding carboxylic acids is 1. The van der Waals surface area contributed by atoms with Crippen LogP contribution in [-0.4, -0.2) is 30.7 Å². The van der Waals surface area contributed by atoms with Gasteiger partial charge < -0.3 is 21.1 Å². The van der Waals surface area contributed by atoms with Gasteiger partial charge in [-0.3, -0.25) is 4.79 Å². The Bertz CT molecular complexity index is 693. The molecule has 0 aliphatic carbocycles. The zero-order valence-electron chi connectivity index (χ0n) is 13.6. The van der Waals surface area contributed by atoms with E-state index >= 15 is 0 Å². The number of aliphatic hydroxyl groups excluding tert-OH is 1. The van der Waals surface area contributed by atoms with Crippen molar-refractivity contribution in [2.24, 2.45) is 11.7 Å². The molecule has 2 aromatic rings. The van der Waals surface area contributed by atoms with Crippen LogP contribution in [0.25, 0.3) is 0 Å². The first-order valence-electron chi connectivity index (χ1n) is 8.23. The predicted octanol–water partition coefficient (Wildman–Crippen LogP) is 2.67. The lowest BCUT2D eigenvalue weighted by molar-refractivity contribution is 0.100. The SMILES string of the molecule is NC(=O)c1csc(CNc2ccccc2N2CCC(CO)CC2)c1. The molecular weight excluding hydrogens is 322 g/mol. The number of nitrogens with zero attached hydrogens (tertiary/aromatic N) is 1. The molecule has 0 bridgehead atoms. The third-order valence-electron chi connectivity index (χ3n) is 4.51. The summed E-state index contributed by atoms with van der Waals surface area (Å²) < 4.78 is 0. The molecule has 128 valence electrons. The van der Waals surface area contributed by atoms with Crippen molar-refractivity contribution in [1.82, 2.24) is 0 Å². The molecule has 6 heteroatoms. The Hall–Kier alpha value is -2.05. The van der Waals surface area contributed by atoms with Crippen LogP contribution in [0, 0.1) is 5.92 Å². The summed E-state index contributed by atoms with van der Waals surface area (Å²) in [6.07, 6.45) is 2.05. The molecule has 1 aliphatic heterocycles. The first-order chi connectivity index (χ1) is 11.7. The predicted molar refractivity (Wildman–Crippen MR) is 98.6 cm³/mol. The quantitative estimate of drug-likeness (QED) is 0.752. The highest BCUT2D eigenvalue weighted by molar-refractivity contribution is 7.10.